The van der Waals surface area contributed by atoms with Crippen LogP contribution in [0.3, 0.4) is 0 Å². The quantitative estimate of drug-likeness (QED) is 0.749. The van der Waals surface area contributed by atoms with Gasteiger partial charge in [0.25, 0.3) is 0 Å². The van der Waals surface area contributed by atoms with Crippen LogP contribution < -0.4 is 5.32 Å². The predicted molar refractivity (Wildman–Crippen MR) is 65.1 cm³/mol. The Morgan fingerprint density at radius 1 is 1.13 bits per heavy atom. The minimum atomic E-state index is 0.813. The Morgan fingerprint density at radius 2 is 1.87 bits per heavy atom. The third-order valence-corrected chi connectivity index (χ3v) is 4.25. The molecule has 2 aliphatic rings. The van der Waals surface area contributed by atoms with Crippen molar-refractivity contribution in [2.24, 2.45) is 5.92 Å². The highest BCUT2D eigenvalue weighted by atomic mass is 15.1. The largest absolute Gasteiger partial charge is 0.314 e. The summed E-state index contributed by atoms with van der Waals surface area (Å²) in [4.78, 5) is 2.56. The molecule has 0 bridgehead atoms. The van der Waals surface area contributed by atoms with Gasteiger partial charge in [-0.2, -0.15) is 0 Å². The number of hydrogen-bond donors (Lipinski definition) is 1. The standard InChI is InChI=1S/C13H26N2/c1-2-15-10-7-13(8-11-15)14-9-6-12-4-3-5-12/h12-14H,2-11H2,1H3. The summed E-state index contributed by atoms with van der Waals surface area (Å²) in [5.74, 6) is 1.06. The Morgan fingerprint density at radius 3 is 2.40 bits per heavy atom. The molecule has 0 aromatic carbocycles. The second-order valence-corrected chi connectivity index (χ2v) is 5.25. The minimum absolute atomic E-state index is 0.813. The van der Waals surface area contributed by atoms with Gasteiger partial charge in [-0.25, -0.2) is 0 Å². The van der Waals surface area contributed by atoms with Crippen LogP contribution in [0.15, 0.2) is 0 Å². The van der Waals surface area contributed by atoms with Gasteiger partial charge in [-0.15, -0.1) is 0 Å². The summed E-state index contributed by atoms with van der Waals surface area (Å²) in [6, 6.07) is 0.813. The van der Waals surface area contributed by atoms with Crippen LogP contribution in [0.5, 0.6) is 0 Å². The monoisotopic (exact) mass is 210 g/mol. The summed E-state index contributed by atoms with van der Waals surface area (Å²) in [5.41, 5.74) is 0. The highest BCUT2D eigenvalue weighted by Crippen LogP contribution is 2.28. The van der Waals surface area contributed by atoms with Crippen molar-refractivity contribution in [1.29, 1.82) is 0 Å². The molecule has 2 heteroatoms. The van der Waals surface area contributed by atoms with E-state index < -0.39 is 0 Å². The minimum Gasteiger partial charge on any atom is -0.314 e. The molecule has 0 radical (unpaired) electrons. The average molecular weight is 210 g/mol. The predicted octanol–water partition coefficient (Wildman–Crippen LogP) is 2.25. The first kappa shape index (κ1) is 11.4. The van der Waals surface area contributed by atoms with Gasteiger partial charge in [-0.3, -0.25) is 0 Å². The van der Waals surface area contributed by atoms with Crippen molar-refractivity contribution in [2.75, 3.05) is 26.2 Å². The molecule has 0 atom stereocenters. The van der Waals surface area contributed by atoms with E-state index in [-0.39, 0.29) is 0 Å². The molecule has 2 fully saturated rings. The zero-order valence-electron chi connectivity index (χ0n) is 10.2. The molecule has 2 nitrogen and oxygen atoms in total. The third-order valence-electron chi connectivity index (χ3n) is 4.25. The van der Waals surface area contributed by atoms with E-state index in [1.54, 1.807) is 0 Å². The van der Waals surface area contributed by atoms with Gasteiger partial charge < -0.3 is 10.2 Å². The van der Waals surface area contributed by atoms with Gasteiger partial charge in [0.1, 0.15) is 0 Å². The summed E-state index contributed by atoms with van der Waals surface area (Å²) in [6.07, 6.45) is 8.62. The van der Waals surface area contributed by atoms with E-state index in [2.05, 4.69) is 17.1 Å². The molecule has 1 aliphatic heterocycles. The molecule has 1 heterocycles. The van der Waals surface area contributed by atoms with Gasteiger partial charge in [0.15, 0.2) is 0 Å². The van der Waals surface area contributed by atoms with Crippen LogP contribution in [0.25, 0.3) is 0 Å². The normalized spacial score (nSPS) is 25.4. The molecule has 0 spiro atoms. The van der Waals surface area contributed by atoms with Crippen molar-refractivity contribution in [2.45, 2.75) is 51.5 Å². The zero-order valence-corrected chi connectivity index (χ0v) is 10.2. The summed E-state index contributed by atoms with van der Waals surface area (Å²) in [7, 11) is 0. The number of piperidine rings is 1. The first-order valence-electron chi connectivity index (χ1n) is 6.84. The maximum absolute atomic E-state index is 3.74. The van der Waals surface area contributed by atoms with Crippen LogP contribution in [0, 0.1) is 5.92 Å². The van der Waals surface area contributed by atoms with Crippen LogP contribution in [0.4, 0.5) is 0 Å². The van der Waals surface area contributed by atoms with E-state index in [0.29, 0.717) is 0 Å². The van der Waals surface area contributed by atoms with E-state index in [9.17, 15) is 0 Å². The highest BCUT2D eigenvalue weighted by Gasteiger charge is 2.19. The maximum Gasteiger partial charge on any atom is 0.00914 e. The van der Waals surface area contributed by atoms with Crippen molar-refractivity contribution in [3.63, 3.8) is 0 Å². The molecule has 2 rings (SSSR count). The lowest BCUT2D eigenvalue weighted by Gasteiger charge is -2.32. The highest BCUT2D eigenvalue weighted by molar-refractivity contribution is 4.77. The van der Waals surface area contributed by atoms with Crippen LogP contribution in [0.2, 0.25) is 0 Å². The fourth-order valence-corrected chi connectivity index (χ4v) is 2.73. The van der Waals surface area contributed by atoms with E-state index in [4.69, 9.17) is 0 Å². The Balaban J connectivity index is 1.52. The molecule has 1 N–H and O–H groups in total. The second kappa shape index (κ2) is 5.86. The number of likely N-dealkylation sites (tertiary alicyclic amines) is 1. The summed E-state index contributed by atoms with van der Waals surface area (Å²) in [5, 5.41) is 3.74. The van der Waals surface area contributed by atoms with Gasteiger partial charge >= 0.3 is 0 Å². The topological polar surface area (TPSA) is 15.3 Å². The molecular formula is C13H26N2. The fourth-order valence-electron chi connectivity index (χ4n) is 2.73. The number of hydrogen-bond acceptors (Lipinski definition) is 2. The fraction of sp³-hybridized carbons (Fsp3) is 1.00. The average Bonchev–Trinajstić information content (AvgIpc) is 2.23. The zero-order chi connectivity index (χ0) is 10.5. The van der Waals surface area contributed by atoms with Crippen molar-refractivity contribution in [3.05, 3.63) is 0 Å². The number of rotatable bonds is 5. The number of nitrogens with one attached hydrogen (secondary N) is 1. The van der Waals surface area contributed by atoms with Crippen LogP contribution in [-0.4, -0.2) is 37.1 Å². The lowest BCUT2D eigenvalue weighted by molar-refractivity contribution is 0.201. The van der Waals surface area contributed by atoms with Crippen LogP contribution >= 0.6 is 0 Å². The van der Waals surface area contributed by atoms with E-state index >= 15 is 0 Å². The molecular weight excluding hydrogens is 184 g/mol. The number of nitrogens with zero attached hydrogens (tertiary/aromatic N) is 1. The Hall–Kier alpha value is -0.0800. The van der Waals surface area contributed by atoms with Gasteiger partial charge in [0.05, 0.1) is 0 Å². The van der Waals surface area contributed by atoms with E-state index in [0.717, 1.165) is 12.0 Å². The Labute approximate surface area is 94.4 Å². The molecule has 0 unspecified atom stereocenters. The SMILES string of the molecule is CCN1CCC(NCCC2CCC2)CC1. The molecule has 1 aliphatic carbocycles. The van der Waals surface area contributed by atoms with Crippen molar-refractivity contribution in [3.8, 4) is 0 Å². The Kier molecular flexibility index (Phi) is 4.45. The Bertz CT molecular complexity index is 169. The summed E-state index contributed by atoms with van der Waals surface area (Å²) >= 11 is 0. The lowest BCUT2D eigenvalue weighted by Crippen LogP contribution is -2.42. The van der Waals surface area contributed by atoms with Crippen molar-refractivity contribution >= 4 is 0 Å². The maximum atomic E-state index is 3.74. The van der Waals surface area contributed by atoms with Gasteiger partial charge in [0.2, 0.25) is 0 Å². The lowest BCUT2D eigenvalue weighted by atomic mass is 9.83. The second-order valence-electron chi connectivity index (χ2n) is 5.25. The summed E-state index contributed by atoms with van der Waals surface area (Å²) < 4.78 is 0. The summed E-state index contributed by atoms with van der Waals surface area (Å²) in [6.45, 7) is 7.37. The van der Waals surface area contributed by atoms with Gasteiger partial charge in [0, 0.05) is 6.04 Å². The first-order valence-corrected chi connectivity index (χ1v) is 6.84. The van der Waals surface area contributed by atoms with E-state index in [1.165, 1.54) is 64.7 Å². The third kappa shape index (κ3) is 3.46. The molecule has 0 amide bonds. The molecule has 88 valence electrons. The van der Waals surface area contributed by atoms with Gasteiger partial charge in [-0.1, -0.05) is 26.2 Å². The molecule has 1 saturated heterocycles. The molecule has 15 heavy (non-hydrogen) atoms. The van der Waals surface area contributed by atoms with Crippen LogP contribution in [-0.2, 0) is 0 Å². The molecule has 1 saturated carbocycles. The molecule has 0 aromatic heterocycles. The van der Waals surface area contributed by atoms with Gasteiger partial charge in [-0.05, 0) is 51.4 Å². The van der Waals surface area contributed by atoms with Crippen molar-refractivity contribution < 1.29 is 0 Å². The smallest absolute Gasteiger partial charge is 0.00914 e. The van der Waals surface area contributed by atoms with E-state index in [1.807, 2.05) is 0 Å². The van der Waals surface area contributed by atoms with Crippen molar-refractivity contribution in [1.82, 2.24) is 10.2 Å². The van der Waals surface area contributed by atoms with Crippen LogP contribution in [0.1, 0.15) is 45.4 Å². The molecule has 0 aromatic rings. The first-order chi connectivity index (χ1) is 7.38.